The number of hydrogen-bond donors (Lipinski definition) is 1. The Morgan fingerprint density at radius 1 is 1.33 bits per heavy atom. The molecule has 5 heteroatoms. The summed E-state index contributed by atoms with van der Waals surface area (Å²) in [6.07, 6.45) is 0. The molecule has 1 aliphatic rings. The highest BCUT2D eigenvalue weighted by atomic mass is 32.2. The van der Waals surface area contributed by atoms with Crippen LogP contribution < -0.4 is 0 Å². The van der Waals surface area contributed by atoms with Crippen LogP contribution in [-0.4, -0.2) is 40.7 Å². The third-order valence-corrected chi connectivity index (χ3v) is 3.96. The van der Waals surface area contributed by atoms with Crippen molar-refractivity contribution in [2.75, 3.05) is 18.8 Å². The molecular weight excluding hydrogens is 250 g/mol. The van der Waals surface area contributed by atoms with Crippen LogP contribution in [0.5, 0.6) is 0 Å². The lowest BCUT2D eigenvalue weighted by molar-refractivity contribution is -0.151. The SMILES string of the molecule is Cc1ccc(SCC(=O)N2CC(C(=O)O)C2)cc1. The number of likely N-dealkylation sites (tertiary alicyclic amines) is 1. The van der Waals surface area contributed by atoms with Gasteiger partial charge in [0, 0.05) is 18.0 Å². The number of nitrogens with zero attached hydrogens (tertiary/aromatic N) is 1. The molecule has 1 aromatic carbocycles. The fraction of sp³-hybridized carbons (Fsp3) is 0.385. The Morgan fingerprint density at radius 3 is 2.50 bits per heavy atom. The Kier molecular flexibility index (Phi) is 3.91. The Labute approximate surface area is 110 Å². The summed E-state index contributed by atoms with van der Waals surface area (Å²) in [6.45, 7) is 2.72. The number of carbonyl (C=O) groups excluding carboxylic acids is 1. The van der Waals surface area contributed by atoms with Gasteiger partial charge < -0.3 is 10.0 Å². The second-order valence-corrected chi connectivity index (χ2v) is 5.48. The first-order valence-corrected chi connectivity index (χ1v) is 6.75. The van der Waals surface area contributed by atoms with Gasteiger partial charge in [-0.25, -0.2) is 0 Å². The first-order valence-electron chi connectivity index (χ1n) is 5.76. The summed E-state index contributed by atoms with van der Waals surface area (Å²) in [6, 6.07) is 8.00. The van der Waals surface area contributed by atoms with Crippen molar-refractivity contribution < 1.29 is 14.7 Å². The Balaban J connectivity index is 1.76. The van der Waals surface area contributed by atoms with Gasteiger partial charge in [-0.1, -0.05) is 17.7 Å². The van der Waals surface area contributed by atoms with E-state index in [9.17, 15) is 9.59 Å². The summed E-state index contributed by atoms with van der Waals surface area (Å²) >= 11 is 1.49. The maximum atomic E-state index is 11.7. The topological polar surface area (TPSA) is 57.6 Å². The number of aliphatic carboxylic acids is 1. The lowest BCUT2D eigenvalue weighted by atomic mass is 10.0. The van der Waals surface area contributed by atoms with Gasteiger partial charge in [0.1, 0.15) is 0 Å². The average molecular weight is 265 g/mol. The maximum absolute atomic E-state index is 11.7. The fourth-order valence-electron chi connectivity index (χ4n) is 1.71. The summed E-state index contributed by atoms with van der Waals surface area (Å²) in [7, 11) is 0. The number of thioether (sulfide) groups is 1. The number of aryl methyl sites for hydroxylation is 1. The number of carboxylic acid groups (broad SMARTS) is 1. The van der Waals surface area contributed by atoms with E-state index in [1.807, 2.05) is 31.2 Å². The maximum Gasteiger partial charge on any atom is 0.310 e. The molecule has 1 fully saturated rings. The van der Waals surface area contributed by atoms with E-state index in [1.54, 1.807) is 4.90 Å². The van der Waals surface area contributed by atoms with Gasteiger partial charge in [0.2, 0.25) is 5.91 Å². The predicted octanol–water partition coefficient (Wildman–Crippen LogP) is 1.63. The quantitative estimate of drug-likeness (QED) is 0.841. The Morgan fingerprint density at radius 2 is 1.94 bits per heavy atom. The van der Waals surface area contributed by atoms with Gasteiger partial charge in [0.05, 0.1) is 11.7 Å². The molecule has 1 saturated heterocycles. The monoisotopic (exact) mass is 265 g/mol. The van der Waals surface area contributed by atoms with Crippen LogP contribution in [0.2, 0.25) is 0 Å². The molecule has 96 valence electrons. The van der Waals surface area contributed by atoms with E-state index in [0.717, 1.165) is 4.90 Å². The van der Waals surface area contributed by atoms with Gasteiger partial charge in [-0.05, 0) is 19.1 Å². The van der Waals surface area contributed by atoms with Crippen LogP contribution in [0, 0.1) is 12.8 Å². The summed E-state index contributed by atoms with van der Waals surface area (Å²) in [5, 5.41) is 8.72. The minimum atomic E-state index is -0.815. The van der Waals surface area contributed by atoms with Gasteiger partial charge in [0.25, 0.3) is 0 Å². The molecule has 0 aliphatic carbocycles. The van der Waals surface area contributed by atoms with Crippen LogP contribution in [0.1, 0.15) is 5.56 Å². The van der Waals surface area contributed by atoms with Gasteiger partial charge in [-0.2, -0.15) is 0 Å². The second-order valence-electron chi connectivity index (χ2n) is 4.44. The zero-order valence-electron chi connectivity index (χ0n) is 10.1. The molecule has 0 unspecified atom stereocenters. The zero-order chi connectivity index (χ0) is 13.1. The molecular formula is C13H15NO3S. The molecule has 0 bridgehead atoms. The number of rotatable bonds is 4. The van der Waals surface area contributed by atoms with E-state index in [4.69, 9.17) is 5.11 Å². The summed E-state index contributed by atoms with van der Waals surface area (Å²) in [5.41, 5.74) is 1.19. The highest BCUT2D eigenvalue weighted by Crippen LogP contribution is 2.21. The third-order valence-electron chi connectivity index (χ3n) is 2.97. The molecule has 0 saturated carbocycles. The van der Waals surface area contributed by atoms with Crippen molar-refractivity contribution in [1.29, 1.82) is 0 Å². The van der Waals surface area contributed by atoms with Crippen molar-refractivity contribution in [2.24, 2.45) is 5.92 Å². The van der Waals surface area contributed by atoms with Crippen LogP contribution in [0.15, 0.2) is 29.2 Å². The minimum Gasteiger partial charge on any atom is -0.481 e. The van der Waals surface area contributed by atoms with E-state index in [0.29, 0.717) is 18.8 Å². The van der Waals surface area contributed by atoms with E-state index in [1.165, 1.54) is 17.3 Å². The zero-order valence-corrected chi connectivity index (χ0v) is 10.9. The van der Waals surface area contributed by atoms with Crippen molar-refractivity contribution in [2.45, 2.75) is 11.8 Å². The van der Waals surface area contributed by atoms with Crippen LogP contribution in [0.4, 0.5) is 0 Å². The molecule has 0 radical (unpaired) electrons. The molecule has 1 amide bonds. The van der Waals surface area contributed by atoms with E-state index >= 15 is 0 Å². The normalized spacial score (nSPS) is 15.3. The van der Waals surface area contributed by atoms with Crippen molar-refractivity contribution in [1.82, 2.24) is 4.90 Å². The first kappa shape index (κ1) is 13.0. The van der Waals surface area contributed by atoms with Crippen LogP contribution in [-0.2, 0) is 9.59 Å². The fourth-order valence-corrected chi connectivity index (χ4v) is 2.51. The Hall–Kier alpha value is -1.49. The lowest BCUT2D eigenvalue weighted by Gasteiger charge is -2.36. The summed E-state index contributed by atoms with van der Waals surface area (Å²) < 4.78 is 0. The molecule has 2 rings (SSSR count). The Bertz CT molecular complexity index is 452. The highest BCUT2D eigenvalue weighted by Gasteiger charge is 2.35. The highest BCUT2D eigenvalue weighted by molar-refractivity contribution is 8.00. The average Bonchev–Trinajstić information content (AvgIpc) is 2.25. The van der Waals surface area contributed by atoms with Crippen molar-refractivity contribution in [3.05, 3.63) is 29.8 Å². The first-order chi connectivity index (χ1) is 8.56. The summed E-state index contributed by atoms with van der Waals surface area (Å²) in [4.78, 5) is 25.0. The van der Waals surface area contributed by atoms with E-state index < -0.39 is 5.97 Å². The molecule has 1 N–H and O–H groups in total. The van der Waals surface area contributed by atoms with Crippen molar-refractivity contribution >= 4 is 23.6 Å². The van der Waals surface area contributed by atoms with Crippen LogP contribution in [0.3, 0.4) is 0 Å². The van der Waals surface area contributed by atoms with Crippen LogP contribution in [0.25, 0.3) is 0 Å². The second kappa shape index (κ2) is 5.44. The number of hydrogen-bond acceptors (Lipinski definition) is 3. The van der Waals surface area contributed by atoms with E-state index in [2.05, 4.69) is 0 Å². The molecule has 0 aromatic heterocycles. The molecule has 18 heavy (non-hydrogen) atoms. The third kappa shape index (κ3) is 3.04. The summed E-state index contributed by atoms with van der Waals surface area (Å²) in [5.74, 6) is -0.809. The predicted molar refractivity (Wildman–Crippen MR) is 69.6 cm³/mol. The minimum absolute atomic E-state index is 0.0121. The molecule has 0 spiro atoms. The number of benzene rings is 1. The van der Waals surface area contributed by atoms with Gasteiger partial charge >= 0.3 is 5.97 Å². The van der Waals surface area contributed by atoms with Gasteiger partial charge in [0.15, 0.2) is 0 Å². The number of carbonyl (C=O) groups is 2. The van der Waals surface area contributed by atoms with Crippen LogP contribution >= 0.6 is 11.8 Å². The molecule has 1 aromatic rings. The van der Waals surface area contributed by atoms with Crippen molar-refractivity contribution in [3.63, 3.8) is 0 Å². The van der Waals surface area contributed by atoms with Gasteiger partial charge in [-0.15, -0.1) is 11.8 Å². The number of carboxylic acids is 1. The molecule has 4 nitrogen and oxygen atoms in total. The lowest BCUT2D eigenvalue weighted by Crippen LogP contribution is -2.53. The van der Waals surface area contributed by atoms with Crippen molar-refractivity contribution in [3.8, 4) is 0 Å². The molecule has 0 atom stereocenters. The standard InChI is InChI=1S/C13H15NO3S/c1-9-2-4-11(5-3-9)18-8-12(15)14-6-10(7-14)13(16)17/h2-5,10H,6-8H2,1H3,(H,16,17). The van der Waals surface area contributed by atoms with E-state index in [-0.39, 0.29) is 11.8 Å². The smallest absolute Gasteiger partial charge is 0.310 e. The molecule has 1 heterocycles. The largest absolute Gasteiger partial charge is 0.481 e. The number of amides is 1. The molecule has 1 aliphatic heterocycles. The van der Waals surface area contributed by atoms with Gasteiger partial charge in [-0.3, -0.25) is 9.59 Å².